The average Bonchev–Trinajstić information content (AvgIpc) is 2.87. The molecule has 20 heavy (non-hydrogen) atoms. The normalized spacial score (nSPS) is 13.8. The third-order valence-electron chi connectivity index (χ3n) is 3.10. The first kappa shape index (κ1) is 17.1. The molecule has 0 bridgehead atoms. The molecule has 1 aromatic rings. The third kappa shape index (κ3) is 4.55. The average molecular weight is 320 g/mol. The summed E-state index contributed by atoms with van der Waals surface area (Å²) in [5.74, 6) is -1.01. The number of thiophene rings is 1. The molecule has 0 aliphatic heterocycles. The molecular formula is C12H20N2O4S2. The van der Waals surface area contributed by atoms with Crippen molar-refractivity contribution in [3.05, 3.63) is 22.4 Å². The number of hydrogen-bond donors (Lipinski definition) is 1. The lowest BCUT2D eigenvalue weighted by Crippen LogP contribution is -2.45. The van der Waals surface area contributed by atoms with Gasteiger partial charge < -0.3 is 5.11 Å². The van der Waals surface area contributed by atoms with Crippen LogP contribution in [-0.2, 0) is 21.4 Å². The van der Waals surface area contributed by atoms with Crippen LogP contribution in [0.5, 0.6) is 0 Å². The number of nitrogens with zero attached hydrogens (tertiary/aromatic N) is 2. The van der Waals surface area contributed by atoms with Gasteiger partial charge in [-0.15, -0.1) is 11.3 Å². The number of carboxylic acids is 1. The van der Waals surface area contributed by atoms with Gasteiger partial charge in [-0.2, -0.15) is 17.0 Å². The first-order valence-electron chi connectivity index (χ1n) is 6.18. The van der Waals surface area contributed by atoms with E-state index in [0.717, 1.165) is 9.18 Å². The van der Waals surface area contributed by atoms with E-state index in [1.165, 1.54) is 18.4 Å². The highest BCUT2D eigenvalue weighted by Crippen LogP contribution is 2.16. The van der Waals surface area contributed by atoms with Gasteiger partial charge in [0.15, 0.2) is 0 Å². The Morgan fingerprint density at radius 3 is 2.60 bits per heavy atom. The Morgan fingerprint density at radius 2 is 2.10 bits per heavy atom. The molecule has 1 heterocycles. The van der Waals surface area contributed by atoms with Crippen LogP contribution in [0.4, 0.5) is 0 Å². The third-order valence-corrected chi connectivity index (χ3v) is 6.05. The first-order valence-corrected chi connectivity index (χ1v) is 8.46. The minimum absolute atomic E-state index is 0.0340. The zero-order valence-electron chi connectivity index (χ0n) is 11.8. The van der Waals surface area contributed by atoms with E-state index in [2.05, 4.69) is 0 Å². The van der Waals surface area contributed by atoms with Crippen LogP contribution in [0.25, 0.3) is 0 Å². The van der Waals surface area contributed by atoms with Crippen LogP contribution in [0.1, 0.15) is 18.2 Å². The molecule has 1 atom stereocenters. The number of rotatable bonds is 8. The summed E-state index contributed by atoms with van der Waals surface area (Å²) < 4.78 is 26.9. The SMILES string of the molecule is CC(Cc1cccs1)N(C)S(=O)(=O)N(C)CCC(=O)O. The predicted molar refractivity (Wildman–Crippen MR) is 79.1 cm³/mol. The summed E-state index contributed by atoms with van der Waals surface area (Å²) in [6, 6.07) is 3.71. The Morgan fingerprint density at radius 1 is 1.45 bits per heavy atom. The van der Waals surface area contributed by atoms with Crippen LogP contribution in [0.15, 0.2) is 17.5 Å². The van der Waals surface area contributed by atoms with Crippen LogP contribution in [0.2, 0.25) is 0 Å². The lowest BCUT2D eigenvalue weighted by molar-refractivity contribution is -0.137. The largest absolute Gasteiger partial charge is 0.481 e. The number of likely N-dealkylation sites (N-methyl/N-ethyl adjacent to an activating group) is 1. The highest BCUT2D eigenvalue weighted by atomic mass is 32.2. The molecule has 1 aromatic heterocycles. The van der Waals surface area contributed by atoms with Crippen molar-refractivity contribution in [2.24, 2.45) is 0 Å². The van der Waals surface area contributed by atoms with Crippen LogP contribution >= 0.6 is 11.3 Å². The van der Waals surface area contributed by atoms with Crippen molar-refractivity contribution in [2.45, 2.75) is 25.8 Å². The minimum atomic E-state index is -3.63. The van der Waals surface area contributed by atoms with Crippen molar-refractivity contribution in [3.63, 3.8) is 0 Å². The molecule has 0 fully saturated rings. The highest BCUT2D eigenvalue weighted by molar-refractivity contribution is 7.86. The summed E-state index contributed by atoms with van der Waals surface area (Å²) >= 11 is 1.59. The summed E-state index contributed by atoms with van der Waals surface area (Å²) in [4.78, 5) is 11.6. The van der Waals surface area contributed by atoms with Gasteiger partial charge in [0, 0.05) is 31.6 Å². The number of hydrogen-bond acceptors (Lipinski definition) is 4. The molecule has 1 N–H and O–H groups in total. The summed E-state index contributed by atoms with van der Waals surface area (Å²) in [6.45, 7) is 1.80. The monoisotopic (exact) mass is 320 g/mol. The molecule has 0 saturated carbocycles. The molecule has 0 aliphatic rings. The van der Waals surface area contributed by atoms with Gasteiger partial charge in [-0.1, -0.05) is 6.07 Å². The second-order valence-corrected chi connectivity index (χ2v) is 7.75. The van der Waals surface area contributed by atoms with Gasteiger partial charge in [0.1, 0.15) is 0 Å². The summed E-state index contributed by atoms with van der Waals surface area (Å²) in [5, 5.41) is 10.6. The van der Waals surface area contributed by atoms with Crippen LogP contribution in [-0.4, -0.2) is 54.8 Å². The Balaban J connectivity index is 2.67. The van der Waals surface area contributed by atoms with Crippen LogP contribution < -0.4 is 0 Å². The standard InChI is InChI=1S/C12H20N2O4S2/c1-10(9-11-5-4-8-19-11)14(3)20(17,18)13(2)7-6-12(15)16/h4-5,8,10H,6-7,9H2,1-3H3,(H,15,16). The molecule has 1 rings (SSSR count). The highest BCUT2D eigenvalue weighted by Gasteiger charge is 2.28. The molecule has 6 nitrogen and oxygen atoms in total. The van der Waals surface area contributed by atoms with Gasteiger partial charge in [-0.3, -0.25) is 4.79 Å². The quantitative estimate of drug-likeness (QED) is 0.782. The van der Waals surface area contributed by atoms with Gasteiger partial charge in [0.05, 0.1) is 6.42 Å². The van der Waals surface area contributed by atoms with Crippen molar-refractivity contribution in [1.29, 1.82) is 0 Å². The maximum atomic E-state index is 12.3. The molecule has 0 aromatic carbocycles. The van der Waals surface area contributed by atoms with E-state index in [0.29, 0.717) is 6.42 Å². The van der Waals surface area contributed by atoms with E-state index in [-0.39, 0.29) is 19.0 Å². The Hall–Kier alpha value is -0.960. The topological polar surface area (TPSA) is 77.9 Å². The van der Waals surface area contributed by atoms with Crippen LogP contribution in [0.3, 0.4) is 0 Å². The lowest BCUT2D eigenvalue weighted by atomic mass is 10.2. The zero-order chi connectivity index (χ0) is 15.3. The number of carboxylic acid groups (broad SMARTS) is 1. The van der Waals surface area contributed by atoms with Crippen molar-refractivity contribution in [3.8, 4) is 0 Å². The van der Waals surface area contributed by atoms with Crippen molar-refractivity contribution in [1.82, 2.24) is 8.61 Å². The van der Waals surface area contributed by atoms with Gasteiger partial charge in [-0.05, 0) is 24.8 Å². The maximum absolute atomic E-state index is 12.3. The maximum Gasteiger partial charge on any atom is 0.304 e. The van der Waals surface area contributed by atoms with Crippen molar-refractivity contribution >= 4 is 27.5 Å². The molecule has 0 spiro atoms. The molecular weight excluding hydrogens is 300 g/mol. The van der Waals surface area contributed by atoms with E-state index in [9.17, 15) is 13.2 Å². The molecule has 0 amide bonds. The molecule has 8 heteroatoms. The predicted octanol–water partition coefficient (Wildman–Crippen LogP) is 1.26. The number of aliphatic carboxylic acids is 1. The Bertz CT molecular complexity index is 528. The van der Waals surface area contributed by atoms with Crippen molar-refractivity contribution in [2.75, 3.05) is 20.6 Å². The second-order valence-electron chi connectivity index (χ2n) is 4.62. The fourth-order valence-corrected chi connectivity index (χ4v) is 3.78. The van der Waals surface area contributed by atoms with Gasteiger partial charge in [-0.25, -0.2) is 0 Å². The summed E-state index contributed by atoms with van der Waals surface area (Å²) in [7, 11) is -0.715. The Kier molecular flexibility index (Phi) is 6.12. The molecule has 0 radical (unpaired) electrons. The van der Waals surface area contributed by atoms with E-state index in [1.54, 1.807) is 11.3 Å². The summed E-state index contributed by atoms with van der Waals surface area (Å²) in [6.07, 6.45) is 0.434. The zero-order valence-corrected chi connectivity index (χ0v) is 13.4. The fraction of sp³-hybridized carbons (Fsp3) is 0.583. The summed E-state index contributed by atoms with van der Waals surface area (Å²) in [5.41, 5.74) is 0. The fourth-order valence-electron chi connectivity index (χ4n) is 1.66. The smallest absolute Gasteiger partial charge is 0.304 e. The second kappa shape index (κ2) is 7.16. The van der Waals surface area contributed by atoms with E-state index in [1.807, 2.05) is 24.4 Å². The molecule has 0 aliphatic carbocycles. The first-order chi connectivity index (χ1) is 9.25. The van der Waals surface area contributed by atoms with E-state index in [4.69, 9.17) is 5.11 Å². The minimum Gasteiger partial charge on any atom is -0.481 e. The van der Waals surface area contributed by atoms with Gasteiger partial charge >= 0.3 is 5.97 Å². The molecule has 0 saturated heterocycles. The lowest BCUT2D eigenvalue weighted by Gasteiger charge is -2.28. The van der Waals surface area contributed by atoms with Gasteiger partial charge in [0.25, 0.3) is 10.2 Å². The van der Waals surface area contributed by atoms with E-state index < -0.39 is 16.2 Å². The molecule has 1 unspecified atom stereocenters. The number of carbonyl (C=O) groups is 1. The molecule has 114 valence electrons. The Labute approximate surface area is 123 Å². The van der Waals surface area contributed by atoms with E-state index >= 15 is 0 Å². The van der Waals surface area contributed by atoms with Gasteiger partial charge in [0.2, 0.25) is 0 Å². The van der Waals surface area contributed by atoms with Crippen molar-refractivity contribution < 1.29 is 18.3 Å². The van der Waals surface area contributed by atoms with Crippen LogP contribution in [0, 0.1) is 0 Å².